The van der Waals surface area contributed by atoms with Gasteiger partial charge >= 0.3 is 0 Å². The fraction of sp³-hybridized carbons (Fsp3) is 0.500. The van der Waals surface area contributed by atoms with E-state index in [1.165, 1.54) is 6.07 Å². The summed E-state index contributed by atoms with van der Waals surface area (Å²) in [5.41, 5.74) is 0.660. The zero-order valence-electron chi connectivity index (χ0n) is 11.3. The van der Waals surface area contributed by atoms with Gasteiger partial charge in [0.2, 0.25) is 0 Å². The molecule has 0 aliphatic rings. The van der Waals surface area contributed by atoms with Gasteiger partial charge in [-0.15, -0.1) is 11.6 Å². The Morgan fingerprint density at radius 1 is 1.32 bits per heavy atom. The third-order valence-corrected chi connectivity index (χ3v) is 4.05. The third kappa shape index (κ3) is 2.34. The van der Waals surface area contributed by atoms with Crippen LogP contribution in [0.5, 0.6) is 0 Å². The molecule has 2 aromatic rings. The molecular formula is C14H17ClF2N2. The molecule has 0 saturated heterocycles. The molecule has 0 N–H and O–H groups in total. The van der Waals surface area contributed by atoms with Crippen LogP contribution in [0.1, 0.15) is 39.1 Å². The highest BCUT2D eigenvalue weighted by atomic mass is 35.5. The van der Waals surface area contributed by atoms with Crippen LogP contribution < -0.4 is 0 Å². The molecular weight excluding hydrogens is 270 g/mol. The second-order valence-electron chi connectivity index (χ2n) is 4.89. The first kappa shape index (κ1) is 14.3. The van der Waals surface area contributed by atoms with Gasteiger partial charge in [-0.25, -0.2) is 13.8 Å². The van der Waals surface area contributed by atoms with E-state index in [-0.39, 0.29) is 17.4 Å². The molecule has 1 aromatic heterocycles. The largest absolute Gasteiger partial charge is 0.321 e. The lowest BCUT2D eigenvalue weighted by molar-refractivity contribution is 0.368. The smallest absolute Gasteiger partial charge is 0.184 e. The van der Waals surface area contributed by atoms with Crippen LogP contribution in [0.25, 0.3) is 11.0 Å². The molecule has 1 heterocycles. The SMILES string of the molecule is CCC(C)C(C)n1c(CCl)nc2ccc(F)c(F)c21. The maximum absolute atomic E-state index is 14.1. The van der Waals surface area contributed by atoms with Crippen LogP contribution in [-0.4, -0.2) is 9.55 Å². The number of alkyl halides is 1. The quantitative estimate of drug-likeness (QED) is 0.748. The van der Waals surface area contributed by atoms with Crippen molar-refractivity contribution in [3.8, 4) is 0 Å². The van der Waals surface area contributed by atoms with Crippen molar-refractivity contribution in [2.24, 2.45) is 5.92 Å². The standard InChI is InChI=1S/C14H17ClF2N2/c1-4-8(2)9(3)19-12(7-15)18-11-6-5-10(16)13(17)14(11)19/h5-6,8-9H,4,7H2,1-3H3. The van der Waals surface area contributed by atoms with E-state index in [2.05, 4.69) is 18.8 Å². The highest BCUT2D eigenvalue weighted by molar-refractivity contribution is 6.16. The Balaban J connectivity index is 2.72. The molecule has 2 unspecified atom stereocenters. The summed E-state index contributed by atoms with van der Waals surface area (Å²) in [6.07, 6.45) is 0.944. The summed E-state index contributed by atoms with van der Waals surface area (Å²) in [7, 11) is 0. The molecule has 0 aliphatic heterocycles. The van der Waals surface area contributed by atoms with Gasteiger partial charge in [0.1, 0.15) is 11.3 Å². The van der Waals surface area contributed by atoms with Crippen molar-refractivity contribution in [1.29, 1.82) is 0 Å². The van der Waals surface area contributed by atoms with Crippen molar-refractivity contribution < 1.29 is 8.78 Å². The zero-order valence-corrected chi connectivity index (χ0v) is 12.0. The first-order valence-corrected chi connectivity index (χ1v) is 6.95. The Kier molecular flexibility index (Phi) is 4.09. The van der Waals surface area contributed by atoms with Crippen LogP contribution in [0.2, 0.25) is 0 Å². The van der Waals surface area contributed by atoms with Crippen LogP contribution in [0.3, 0.4) is 0 Å². The first-order chi connectivity index (χ1) is 9.01. The van der Waals surface area contributed by atoms with E-state index in [9.17, 15) is 8.78 Å². The van der Waals surface area contributed by atoms with E-state index in [0.717, 1.165) is 12.5 Å². The van der Waals surface area contributed by atoms with Crippen LogP contribution in [0.15, 0.2) is 12.1 Å². The van der Waals surface area contributed by atoms with Crippen LogP contribution in [0, 0.1) is 17.6 Å². The van der Waals surface area contributed by atoms with Gasteiger partial charge in [-0.3, -0.25) is 0 Å². The predicted molar refractivity (Wildman–Crippen MR) is 73.4 cm³/mol. The third-order valence-electron chi connectivity index (χ3n) is 3.81. The van der Waals surface area contributed by atoms with E-state index in [1.807, 2.05) is 6.92 Å². The van der Waals surface area contributed by atoms with E-state index < -0.39 is 11.6 Å². The fourth-order valence-corrected chi connectivity index (χ4v) is 2.49. The summed E-state index contributed by atoms with van der Waals surface area (Å²) in [6.45, 7) is 6.12. The highest BCUT2D eigenvalue weighted by Gasteiger charge is 2.22. The number of hydrogen-bond acceptors (Lipinski definition) is 1. The number of nitrogens with zero attached hydrogens (tertiary/aromatic N) is 2. The molecule has 0 saturated carbocycles. The van der Waals surface area contributed by atoms with E-state index in [4.69, 9.17) is 11.6 Å². The summed E-state index contributed by atoms with van der Waals surface area (Å²) in [5.74, 6) is -0.630. The maximum atomic E-state index is 14.1. The minimum atomic E-state index is -0.855. The molecule has 0 spiro atoms. The summed E-state index contributed by atoms with van der Waals surface area (Å²) < 4.78 is 29.2. The highest BCUT2D eigenvalue weighted by Crippen LogP contribution is 2.30. The first-order valence-electron chi connectivity index (χ1n) is 6.42. The van der Waals surface area contributed by atoms with E-state index in [1.54, 1.807) is 4.57 Å². The van der Waals surface area contributed by atoms with Gasteiger partial charge in [0.25, 0.3) is 0 Å². The topological polar surface area (TPSA) is 17.8 Å². The number of benzene rings is 1. The van der Waals surface area contributed by atoms with Gasteiger partial charge in [0.15, 0.2) is 11.6 Å². The van der Waals surface area contributed by atoms with Crippen LogP contribution in [0.4, 0.5) is 8.78 Å². The monoisotopic (exact) mass is 286 g/mol. The van der Waals surface area contributed by atoms with Crippen molar-refractivity contribution in [2.45, 2.75) is 39.1 Å². The molecule has 0 amide bonds. The number of aromatic nitrogens is 2. The molecule has 2 nitrogen and oxygen atoms in total. The summed E-state index contributed by atoms with van der Waals surface area (Å²) in [4.78, 5) is 4.30. The second kappa shape index (κ2) is 5.45. The number of fused-ring (bicyclic) bond motifs is 1. The van der Waals surface area contributed by atoms with Crippen LogP contribution >= 0.6 is 11.6 Å². The van der Waals surface area contributed by atoms with Gasteiger partial charge in [-0.1, -0.05) is 20.3 Å². The average molecular weight is 287 g/mol. The molecule has 1 aromatic carbocycles. The van der Waals surface area contributed by atoms with Crippen molar-refractivity contribution >= 4 is 22.6 Å². The molecule has 2 atom stereocenters. The summed E-state index contributed by atoms with van der Waals surface area (Å²) >= 11 is 5.89. The van der Waals surface area contributed by atoms with Gasteiger partial charge in [-0.2, -0.15) is 0 Å². The van der Waals surface area contributed by atoms with E-state index >= 15 is 0 Å². The zero-order chi connectivity index (χ0) is 14.2. The molecule has 5 heteroatoms. The maximum Gasteiger partial charge on any atom is 0.184 e. The van der Waals surface area contributed by atoms with Gasteiger partial charge in [0.05, 0.1) is 11.4 Å². The predicted octanol–water partition coefficient (Wildman–Crippen LogP) is 4.66. The van der Waals surface area contributed by atoms with Gasteiger partial charge in [0, 0.05) is 6.04 Å². The Bertz CT molecular complexity index is 595. The van der Waals surface area contributed by atoms with Crippen LogP contribution in [-0.2, 0) is 5.88 Å². The summed E-state index contributed by atoms with van der Waals surface area (Å²) in [6, 6.07) is 2.60. The molecule has 104 valence electrons. The fourth-order valence-electron chi connectivity index (χ4n) is 2.30. The van der Waals surface area contributed by atoms with Crippen molar-refractivity contribution in [3.63, 3.8) is 0 Å². The Morgan fingerprint density at radius 3 is 2.58 bits per heavy atom. The molecule has 19 heavy (non-hydrogen) atoms. The second-order valence-corrected chi connectivity index (χ2v) is 5.15. The normalized spacial score (nSPS) is 14.8. The van der Waals surface area contributed by atoms with Crippen molar-refractivity contribution in [1.82, 2.24) is 9.55 Å². The van der Waals surface area contributed by atoms with E-state index in [0.29, 0.717) is 17.3 Å². The Hall–Kier alpha value is -1.16. The average Bonchev–Trinajstić information content (AvgIpc) is 2.80. The molecule has 2 rings (SSSR count). The molecule has 0 aliphatic carbocycles. The van der Waals surface area contributed by atoms with Gasteiger partial charge < -0.3 is 4.57 Å². The Morgan fingerprint density at radius 2 is 2.00 bits per heavy atom. The number of rotatable bonds is 4. The van der Waals surface area contributed by atoms with Crippen molar-refractivity contribution in [2.75, 3.05) is 0 Å². The molecule has 0 bridgehead atoms. The minimum Gasteiger partial charge on any atom is -0.321 e. The Labute approximate surface area is 116 Å². The molecule has 0 radical (unpaired) electrons. The number of halogens is 3. The molecule has 0 fully saturated rings. The number of imidazole rings is 1. The lowest BCUT2D eigenvalue weighted by atomic mass is 10.0. The number of hydrogen-bond donors (Lipinski definition) is 0. The lowest BCUT2D eigenvalue weighted by Crippen LogP contribution is -2.16. The summed E-state index contributed by atoms with van der Waals surface area (Å²) in [5, 5.41) is 0. The lowest BCUT2D eigenvalue weighted by Gasteiger charge is -2.22. The minimum absolute atomic E-state index is 0.0139. The van der Waals surface area contributed by atoms with Crippen molar-refractivity contribution in [3.05, 3.63) is 29.6 Å². The van der Waals surface area contributed by atoms with Gasteiger partial charge in [-0.05, 0) is 25.0 Å².